The molecule has 0 bridgehead atoms. The van der Waals surface area contributed by atoms with Gasteiger partial charge in [0, 0.05) is 38.6 Å². The minimum absolute atomic E-state index is 0.301. The highest BCUT2D eigenvalue weighted by Crippen LogP contribution is 2.13. The minimum atomic E-state index is 0.301. The molecule has 106 valence electrons. The third kappa shape index (κ3) is 4.90. The van der Waals surface area contributed by atoms with E-state index in [4.69, 9.17) is 4.74 Å². The zero-order chi connectivity index (χ0) is 13.5. The van der Waals surface area contributed by atoms with Crippen molar-refractivity contribution in [2.45, 2.75) is 38.5 Å². The predicted molar refractivity (Wildman–Crippen MR) is 77.0 cm³/mol. The second kappa shape index (κ2) is 7.58. The molecule has 1 aliphatic rings. The highest BCUT2D eigenvalue weighted by Gasteiger charge is 2.19. The smallest absolute Gasteiger partial charge is 0.0667 e. The summed E-state index contributed by atoms with van der Waals surface area (Å²) < 4.78 is 5.26. The molecule has 1 aromatic rings. The summed E-state index contributed by atoms with van der Waals surface area (Å²) in [5.41, 5.74) is 1.36. The first-order valence-corrected chi connectivity index (χ1v) is 7.15. The molecular weight excluding hydrogens is 238 g/mol. The van der Waals surface area contributed by atoms with E-state index in [-0.39, 0.29) is 0 Å². The first kappa shape index (κ1) is 14.4. The number of hydrogen-bond donors (Lipinski definition) is 1. The molecule has 1 atom stereocenters. The highest BCUT2D eigenvalue weighted by atomic mass is 16.5. The first-order chi connectivity index (χ1) is 9.28. The highest BCUT2D eigenvalue weighted by molar-refractivity contribution is 5.09. The third-order valence-electron chi connectivity index (χ3n) is 3.84. The van der Waals surface area contributed by atoms with Gasteiger partial charge in [0.2, 0.25) is 0 Å². The second-order valence-electron chi connectivity index (χ2n) is 5.36. The molecule has 1 aromatic heterocycles. The molecule has 0 amide bonds. The number of methoxy groups -OCH3 is 1. The lowest BCUT2D eigenvalue weighted by molar-refractivity contribution is 0.108. The summed E-state index contributed by atoms with van der Waals surface area (Å²) in [7, 11) is 1.77. The van der Waals surface area contributed by atoms with Gasteiger partial charge in [-0.05, 0) is 50.6 Å². The largest absolute Gasteiger partial charge is 0.380 e. The standard InChI is InChI=1S/C15H25N3O/c1-13(19-2)11-17-15-5-9-18(10-6-15)12-14-3-7-16-8-4-14/h3-4,7-8,13,15,17H,5-6,9-12H2,1-2H3. The van der Waals surface area contributed by atoms with E-state index < -0.39 is 0 Å². The van der Waals surface area contributed by atoms with Crippen LogP contribution in [0.2, 0.25) is 0 Å². The lowest BCUT2D eigenvalue weighted by Crippen LogP contribution is -2.44. The molecule has 19 heavy (non-hydrogen) atoms. The van der Waals surface area contributed by atoms with Crippen molar-refractivity contribution in [1.82, 2.24) is 15.2 Å². The lowest BCUT2D eigenvalue weighted by Gasteiger charge is -2.32. The Kier molecular flexibility index (Phi) is 5.76. The lowest BCUT2D eigenvalue weighted by atomic mass is 10.0. The summed E-state index contributed by atoms with van der Waals surface area (Å²) in [6.07, 6.45) is 6.49. The number of piperidine rings is 1. The van der Waals surface area contributed by atoms with Crippen molar-refractivity contribution in [2.75, 3.05) is 26.7 Å². The molecule has 1 saturated heterocycles. The first-order valence-electron chi connectivity index (χ1n) is 7.15. The Morgan fingerprint density at radius 2 is 2.05 bits per heavy atom. The van der Waals surface area contributed by atoms with Crippen molar-refractivity contribution >= 4 is 0 Å². The minimum Gasteiger partial charge on any atom is -0.380 e. The van der Waals surface area contributed by atoms with Gasteiger partial charge in [0.1, 0.15) is 0 Å². The number of hydrogen-bond acceptors (Lipinski definition) is 4. The molecule has 0 saturated carbocycles. The van der Waals surface area contributed by atoms with E-state index in [1.165, 1.54) is 31.5 Å². The Morgan fingerprint density at radius 3 is 2.68 bits per heavy atom. The van der Waals surface area contributed by atoms with Crippen molar-refractivity contribution in [3.05, 3.63) is 30.1 Å². The quantitative estimate of drug-likeness (QED) is 0.847. The van der Waals surface area contributed by atoms with E-state index >= 15 is 0 Å². The number of nitrogens with one attached hydrogen (secondary N) is 1. The zero-order valence-electron chi connectivity index (χ0n) is 12.0. The monoisotopic (exact) mass is 263 g/mol. The van der Waals surface area contributed by atoms with Gasteiger partial charge in [0.15, 0.2) is 0 Å². The van der Waals surface area contributed by atoms with Crippen LogP contribution in [0.25, 0.3) is 0 Å². The molecule has 2 rings (SSSR count). The predicted octanol–water partition coefficient (Wildman–Crippen LogP) is 1.67. The Bertz CT molecular complexity index is 350. The number of aromatic nitrogens is 1. The maximum Gasteiger partial charge on any atom is 0.0667 e. The Morgan fingerprint density at radius 1 is 1.37 bits per heavy atom. The van der Waals surface area contributed by atoms with Crippen LogP contribution < -0.4 is 5.32 Å². The van der Waals surface area contributed by atoms with Crippen molar-refractivity contribution in [3.8, 4) is 0 Å². The van der Waals surface area contributed by atoms with Gasteiger partial charge in [0.05, 0.1) is 6.10 Å². The number of rotatable bonds is 6. The molecular formula is C15H25N3O. The number of likely N-dealkylation sites (tertiary alicyclic amines) is 1. The summed E-state index contributed by atoms with van der Waals surface area (Å²) in [6, 6.07) is 4.85. The van der Waals surface area contributed by atoms with Gasteiger partial charge >= 0.3 is 0 Å². The van der Waals surface area contributed by atoms with Crippen molar-refractivity contribution in [1.29, 1.82) is 0 Å². The fourth-order valence-electron chi connectivity index (χ4n) is 2.46. The van der Waals surface area contributed by atoms with Gasteiger partial charge < -0.3 is 10.1 Å². The molecule has 1 N–H and O–H groups in total. The van der Waals surface area contributed by atoms with Crippen molar-refractivity contribution in [3.63, 3.8) is 0 Å². The zero-order valence-corrected chi connectivity index (χ0v) is 12.0. The summed E-state index contributed by atoms with van der Waals surface area (Å²) in [6.45, 7) is 6.43. The maximum absolute atomic E-state index is 5.26. The Hall–Kier alpha value is -0.970. The van der Waals surface area contributed by atoms with Crippen LogP contribution in [0.4, 0.5) is 0 Å². The van der Waals surface area contributed by atoms with Crippen LogP contribution in [-0.4, -0.2) is 48.8 Å². The van der Waals surface area contributed by atoms with Gasteiger partial charge in [-0.2, -0.15) is 0 Å². The molecule has 1 aliphatic heterocycles. The van der Waals surface area contributed by atoms with E-state index in [9.17, 15) is 0 Å². The molecule has 0 spiro atoms. The normalized spacial score (nSPS) is 19.5. The average Bonchev–Trinajstić information content (AvgIpc) is 2.47. The van der Waals surface area contributed by atoms with Crippen LogP contribution in [-0.2, 0) is 11.3 Å². The summed E-state index contributed by atoms with van der Waals surface area (Å²) in [5, 5.41) is 3.60. The third-order valence-corrected chi connectivity index (χ3v) is 3.84. The van der Waals surface area contributed by atoms with Crippen LogP contribution in [0.5, 0.6) is 0 Å². The Labute approximate surface area is 116 Å². The van der Waals surface area contributed by atoms with E-state index in [1.54, 1.807) is 7.11 Å². The average molecular weight is 263 g/mol. The van der Waals surface area contributed by atoms with Crippen molar-refractivity contribution in [2.24, 2.45) is 0 Å². The van der Waals surface area contributed by atoms with Gasteiger partial charge in [-0.3, -0.25) is 9.88 Å². The number of nitrogens with zero attached hydrogens (tertiary/aromatic N) is 2. The maximum atomic E-state index is 5.26. The number of pyridine rings is 1. The topological polar surface area (TPSA) is 37.4 Å². The van der Waals surface area contributed by atoms with Crippen LogP contribution in [0.1, 0.15) is 25.3 Å². The molecule has 0 aliphatic carbocycles. The number of ether oxygens (including phenoxy) is 1. The molecule has 1 unspecified atom stereocenters. The summed E-state index contributed by atoms with van der Waals surface area (Å²) >= 11 is 0. The molecule has 0 aromatic carbocycles. The van der Waals surface area contributed by atoms with Crippen molar-refractivity contribution < 1.29 is 4.74 Å². The van der Waals surface area contributed by atoms with Gasteiger partial charge in [-0.25, -0.2) is 0 Å². The van der Waals surface area contributed by atoms with Gasteiger partial charge in [0.25, 0.3) is 0 Å². The fourth-order valence-corrected chi connectivity index (χ4v) is 2.46. The van der Waals surface area contributed by atoms with E-state index in [2.05, 4.69) is 34.3 Å². The molecule has 0 radical (unpaired) electrons. The van der Waals surface area contributed by atoms with Gasteiger partial charge in [-0.1, -0.05) is 0 Å². The van der Waals surface area contributed by atoms with E-state index in [1.807, 2.05) is 12.4 Å². The molecule has 2 heterocycles. The van der Waals surface area contributed by atoms with E-state index in [0.717, 1.165) is 13.1 Å². The summed E-state index contributed by atoms with van der Waals surface area (Å²) in [4.78, 5) is 6.58. The van der Waals surface area contributed by atoms with Crippen LogP contribution in [0, 0.1) is 0 Å². The van der Waals surface area contributed by atoms with Crippen LogP contribution in [0.15, 0.2) is 24.5 Å². The SMILES string of the molecule is COC(C)CNC1CCN(Cc2ccncc2)CC1. The summed E-state index contributed by atoms with van der Waals surface area (Å²) in [5.74, 6) is 0. The van der Waals surface area contributed by atoms with E-state index in [0.29, 0.717) is 12.1 Å². The van der Waals surface area contributed by atoms with Gasteiger partial charge in [-0.15, -0.1) is 0 Å². The van der Waals surface area contributed by atoms with Crippen LogP contribution in [0.3, 0.4) is 0 Å². The second-order valence-corrected chi connectivity index (χ2v) is 5.36. The molecule has 4 nitrogen and oxygen atoms in total. The van der Waals surface area contributed by atoms with Crippen LogP contribution >= 0.6 is 0 Å². The molecule has 4 heteroatoms. The molecule has 1 fully saturated rings. The Balaban J connectivity index is 1.68. The fraction of sp³-hybridized carbons (Fsp3) is 0.667.